The van der Waals surface area contributed by atoms with Gasteiger partial charge in [0.25, 0.3) is 0 Å². The third kappa shape index (κ3) is 2.22. The predicted octanol–water partition coefficient (Wildman–Crippen LogP) is 2.80. The summed E-state index contributed by atoms with van der Waals surface area (Å²) >= 11 is 0. The fourth-order valence-corrected chi connectivity index (χ4v) is 2.41. The lowest BCUT2D eigenvalue weighted by molar-refractivity contribution is 0.612. The second-order valence-corrected chi connectivity index (χ2v) is 4.61. The van der Waals surface area contributed by atoms with E-state index in [9.17, 15) is 4.39 Å². The summed E-state index contributed by atoms with van der Waals surface area (Å²) in [6.45, 7) is 5.82. The van der Waals surface area contributed by atoms with Gasteiger partial charge in [-0.2, -0.15) is 5.10 Å². The summed E-state index contributed by atoms with van der Waals surface area (Å²) < 4.78 is 15.5. The van der Waals surface area contributed by atoms with E-state index in [1.54, 1.807) is 24.4 Å². The summed E-state index contributed by atoms with van der Waals surface area (Å²) in [7, 11) is 0. The summed E-state index contributed by atoms with van der Waals surface area (Å²) in [6.07, 6.45) is 3.18. The molecule has 5 nitrogen and oxygen atoms in total. The number of anilines is 1. The van der Waals surface area contributed by atoms with Crippen LogP contribution in [0.5, 0.6) is 0 Å². The molecular weight excluding hydrogens is 269 g/mol. The molecule has 3 rings (SSSR count). The molecule has 0 aliphatic heterocycles. The fraction of sp³-hybridized carbons (Fsp3) is 0.267. The fourth-order valence-electron chi connectivity index (χ4n) is 2.41. The Kier molecular flexibility index (Phi) is 3.51. The Morgan fingerprint density at radius 3 is 2.62 bits per heavy atom. The van der Waals surface area contributed by atoms with Gasteiger partial charge < -0.3 is 4.90 Å². The predicted molar refractivity (Wildman–Crippen MR) is 80.2 cm³/mol. The Balaban J connectivity index is 2.20. The number of aromatic nitrogens is 4. The molecule has 0 radical (unpaired) electrons. The first kappa shape index (κ1) is 13.5. The van der Waals surface area contributed by atoms with Gasteiger partial charge >= 0.3 is 0 Å². The molecule has 2 heterocycles. The Hall–Kier alpha value is -2.50. The molecule has 2 aromatic heterocycles. The largest absolute Gasteiger partial charge is 0.356 e. The molecular formula is C15H16FN5. The number of para-hydroxylation sites is 1. The smallest absolute Gasteiger partial charge is 0.168 e. The van der Waals surface area contributed by atoms with E-state index in [0.29, 0.717) is 11.3 Å². The highest BCUT2D eigenvalue weighted by Crippen LogP contribution is 2.25. The molecule has 0 fully saturated rings. The van der Waals surface area contributed by atoms with Crippen molar-refractivity contribution in [2.24, 2.45) is 0 Å². The molecule has 0 aliphatic carbocycles. The van der Waals surface area contributed by atoms with Gasteiger partial charge in [0.2, 0.25) is 0 Å². The number of benzene rings is 1. The topological polar surface area (TPSA) is 46.8 Å². The summed E-state index contributed by atoms with van der Waals surface area (Å²) in [4.78, 5) is 10.7. The average Bonchev–Trinajstić information content (AvgIpc) is 2.94. The number of nitrogens with zero attached hydrogens (tertiary/aromatic N) is 5. The molecule has 0 atom stereocenters. The van der Waals surface area contributed by atoms with Crippen LogP contribution in [0.4, 0.5) is 10.2 Å². The van der Waals surface area contributed by atoms with Crippen LogP contribution in [-0.2, 0) is 0 Å². The first-order chi connectivity index (χ1) is 10.3. The number of hydrogen-bond acceptors (Lipinski definition) is 4. The Bertz CT molecular complexity index is 764. The van der Waals surface area contributed by atoms with Crippen molar-refractivity contribution in [3.8, 4) is 5.69 Å². The van der Waals surface area contributed by atoms with Crippen molar-refractivity contribution in [1.29, 1.82) is 0 Å². The molecule has 0 amide bonds. The Morgan fingerprint density at radius 1 is 1.14 bits per heavy atom. The lowest BCUT2D eigenvalue weighted by Gasteiger charge is -2.19. The van der Waals surface area contributed by atoms with E-state index in [-0.39, 0.29) is 5.82 Å². The summed E-state index contributed by atoms with van der Waals surface area (Å²) in [5.41, 5.74) is 0.994. The molecule has 0 aliphatic rings. The number of rotatable bonds is 4. The first-order valence-corrected chi connectivity index (χ1v) is 6.94. The van der Waals surface area contributed by atoms with E-state index in [1.807, 2.05) is 0 Å². The molecule has 6 heteroatoms. The molecule has 0 saturated carbocycles. The number of fused-ring (bicyclic) bond motifs is 1. The summed E-state index contributed by atoms with van der Waals surface area (Å²) in [5, 5.41) is 5.11. The quantitative estimate of drug-likeness (QED) is 0.739. The lowest BCUT2D eigenvalue weighted by Crippen LogP contribution is -2.23. The third-order valence-corrected chi connectivity index (χ3v) is 3.49. The molecule has 0 saturated heterocycles. The number of halogens is 1. The SMILES string of the molecule is CCN(CC)c1ncnc2c1cnn2-c1ccccc1F. The molecule has 21 heavy (non-hydrogen) atoms. The minimum atomic E-state index is -0.328. The van der Waals surface area contributed by atoms with Crippen molar-refractivity contribution >= 4 is 16.9 Å². The highest BCUT2D eigenvalue weighted by Gasteiger charge is 2.15. The Labute approximate surface area is 122 Å². The average molecular weight is 285 g/mol. The highest BCUT2D eigenvalue weighted by molar-refractivity contribution is 5.87. The third-order valence-electron chi connectivity index (χ3n) is 3.49. The van der Waals surface area contributed by atoms with Crippen molar-refractivity contribution in [2.75, 3.05) is 18.0 Å². The van der Waals surface area contributed by atoms with Gasteiger partial charge in [0.15, 0.2) is 5.65 Å². The van der Waals surface area contributed by atoms with E-state index in [0.717, 1.165) is 24.3 Å². The van der Waals surface area contributed by atoms with Crippen LogP contribution in [0.3, 0.4) is 0 Å². The summed E-state index contributed by atoms with van der Waals surface area (Å²) in [5.74, 6) is 0.498. The molecule has 0 bridgehead atoms. The van der Waals surface area contributed by atoms with Crippen LogP contribution in [0.2, 0.25) is 0 Å². The van der Waals surface area contributed by atoms with Crippen LogP contribution in [0.15, 0.2) is 36.8 Å². The lowest BCUT2D eigenvalue weighted by atomic mass is 10.3. The van der Waals surface area contributed by atoms with Crippen LogP contribution in [0, 0.1) is 5.82 Å². The molecule has 3 aromatic rings. The second kappa shape index (κ2) is 5.47. The minimum Gasteiger partial charge on any atom is -0.356 e. The maximum absolute atomic E-state index is 14.0. The van der Waals surface area contributed by atoms with Crippen molar-refractivity contribution < 1.29 is 4.39 Å². The molecule has 108 valence electrons. The van der Waals surface area contributed by atoms with Crippen molar-refractivity contribution in [3.63, 3.8) is 0 Å². The highest BCUT2D eigenvalue weighted by atomic mass is 19.1. The van der Waals surface area contributed by atoms with Crippen LogP contribution in [0.1, 0.15) is 13.8 Å². The molecule has 1 aromatic carbocycles. The monoisotopic (exact) mass is 285 g/mol. The normalized spacial score (nSPS) is 11.0. The van der Waals surface area contributed by atoms with Crippen LogP contribution in [-0.4, -0.2) is 32.8 Å². The van der Waals surface area contributed by atoms with E-state index in [2.05, 4.69) is 33.8 Å². The zero-order chi connectivity index (χ0) is 14.8. The minimum absolute atomic E-state index is 0.328. The first-order valence-electron chi connectivity index (χ1n) is 6.94. The van der Waals surface area contributed by atoms with Crippen LogP contribution < -0.4 is 4.90 Å². The van der Waals surface area contributed by atoms with Gasteiger partial charge in [-0.25, -0.2) is 19.0 Å². The van der Waals surface area contributed by atoms with Crippen molar-refractivity contribution in [1.82, 2.24) is 19.7 Å². The van der Waals surface area contributed by atoms with Gasteiger partial charge in [0, 0.05) is 13.1 Å². The maximum Gasteiger partial charge on any atom is 0.168 e. The number of hydrogen-bond donors (Lipinski definition) is 0. The van der Waals surface area contributed by atoms with Crippen LogP contribution in [0.25, 0.3) is 16.7 Å². The van der Waals surface area contributed by atoms with Gasteiger partial charge in [-0.15, -0.1) is 0 Å². The zero-order valence-corrected chi connectivity index (χ0v) is 12.0. The molecule has 0 spiro atoms. The standard InChI is InChI=1S/C15H16FN5/c1-3-20(4-2)14-11-9-19-21(15(11)18-10-17-14)13-8-6-5-7-12(13)16/h5-10H,3-4H2,1-2H3. The van der Waals surface area contributed by atoms with Gasteiger partial charge in [-0.3, -0.25) is 0 Å². The van der Waals surface area contributed by atoms with E-state index < -0.39 is 0 Å². The van der Waals surface area contributed by atoms with Gasteiger partial charge in [-0.1, -0.05) is 12.1 Å². The molecule has 0 unspecified atom stereocenters. The molecule has 0 N–H and O–H groups in total. The zero-order valence-electron chi connectivity index (χ0n) is 12.0. The Morgan fingerprint density at radius 2 is 1.90 bits per heavy atom. The second-order valence-electron chi connectivity index (χ2n) is 4.61. The van der Waals surface area contributed by atoms with Gasteiger partial charge in [0.05, 0.1) is 11.6 Å². The van der Waals surface area contributed by atoms with Gasteiger partial charge in [-0.05, 0) is 26.0 Å². The maximum atomic E-state index is 14.0. The van der Waals surface area contributed by atoms with Crippen molar-refractivity contribution in [3.05, 3.63) is 42.6 Å². The van der Waals surface area contributed by atoms with Crippen LogP contribution >= 0.6 is 0 Å². The van der Waals surface area contributed by atoms with E-state index >= 15 is 0 Å². The van der Waals surface area contributed by atoms with E-state index in [1.165, 1.54) is 17.1 Å². The van der Waals surface area contributed by atoms with Gasteiger partial charge in [0.1, 0.15) is 23.6 Å². The summed E-state index contributed by atoms with van der Waals surface area (Å²) in [6, 6.07) is 6.52. The van der Waals surface area contributed by atoms with Crippen molar-refractivity contribution in [2.45, 2.75) is 13.8 Å². The van der Waals surface area contributed by atoms with E-state index in [4.69, 9.17) is 0 Å².